The van der Waals surface area contributed by atoms with Crippen LogP contribution in [-0.2, 0) is 0 Å². The lowest BCUT2D eigenvalue weighted by molar-refractivity contribution is -0.389. The van der Waals surface area contributed by atoms with Crippen LogP contribution in [0.15, 0.2) is 6.07 Å². The summed E-state index contributed by atoms with van der Waals surface area (Å²) in [5, 5.41) is 24.3. The van der Waals surface area contributed by atoms with Crippen LogP contribution < -0.4 is 5.32 Å². The summed E-state index contributed by atoms with van der Waals surface area (Å²) in [5.74, 6) is 0. The number of likely N-dealkylation sites (N-methyl/N-ethyl adjacent to an activating group) is 1. The molecule has 0 unspecified atom stereocenters. The van der Waals surface area contributed by atoms with Gasteiger partial charge in [0, 0.05) is 13.1 Å². The number of rotatable bonds is 8. The molecule has 0 aliphatic carbocycles. The van der Waals surface area contributed by atoms with E-state index in [-0.39, 0.29) is 15.7 Å². The second-order valence-corrected chi connectivity index (χ2v) is 4.80. The van der Waals surface area contributed by atoms with Crippen LogP contribution in [0.25, 0.3) is 0 Å². The molecule has 1 N–H and O–H groups in total. The van der Waals surface area contributed by atoms with Crippen LogP contribution in [-0.4, -0.2) is 40.9 Å². The minimum atomic E-state index is -0.618. The van der Waals surface area contributed by atoms with Crippen molar-refractivity contribution in [3.05, 3.63) is 26.3 Å². The van der Waals surface area contributed by atoms with Crippen molar-refractivity contribution in [3.8, 4) is 0 Å². The third-order valence-corrected chi connectivity index (χ3v) is 3.72. The number of nitro groups is 2. The molecule has 19 heavy (non-hydrogen) atoms. The van der Waals surface area contributed by atoms with E-state index in [9.17, 15) is 20.2 Å². The molecule has 0 saturated carbocycles. The Labute approximate surface area is 114 Å². The highest BCUT2D eigenvalue weighted by Gasteiger charge is 2.24. The minimum Gasteiger partial charge on any atom is -0.370 e. The molecule has 0 bridgehead atoms. The van der Waals surface area contributed by atoms with Gasteiger partial charge in [0.2, 0.25) is 0 Å². The third-order valence-electron chi connectivity index (χ3n) is 2.68. The SMILES string of the molecule is CCN(CC)CCNc1sc([N+](=O)[O-])cc1[N+](=O)[O-]. The van der Waals surface area contributed by atoms with E-state index in [1.54, 1.807) is 0 Å². The Balaban J connectivity index is 2.71. The van der Waals surface area contributed by atoms with E-state index in [1.165, 1.54) is 0 Å². The average molecular weight is 288 g/mol. The molecule has 1 rings (SSSR count). The predicted octanol–water partition coefficient (Wildman–Crippen LogP) is 2.32. The Morgan fingerprint density at radius 3 is 2.37 bits per heavy atom. The second-order valence-electron chi connectivity index (χ2n) is 3.77. The van der Waals surface area contributed by atoms with E-state index >= 15 is 0 Å². The van der Waals surface area contributed by atoms with Crippen LogP contribution in [0.3, 0.4) is 0 Å². The van der Waals surface area contributed by atoms with Crippen LogP contribution >= 0.6 is 11.3 Å². The molecule has 0 amide bonds. The summed E-state index contributed by atoms with van der Waals surface area (Å²) in [5.41, 5.74) is -0.240. The molecule has 1 heterocycles. The summed E-state index contributed by atoms with van der Waals surface area (Å²) in [7, 11) is 0. The predicted molar refractivity (Wildman–Crippen MR) is 73.9 cm³/mol. The van der Waals surface area contributed by atoms with Gasteiger partial charge in [-0.25, -0.2) is 0 Å². The van der Waals surface area contributed by atoms with E-state index < -0.39 is 9.85 Å². The van der Waals surface area contributed by atoms with Gasteiger partial charge in [0.05, 0.1) is 9.85 Å². The molecule has 0 aromatic carbocycles. The maximum absolute atomic E-state index is 10.8. The topological polar surface area (TPSA) is 102 Å². The van der Waals surface area contributed by atoms with Gasteiger partial charge in [-0.15, -0.1) is 0 Å². The Hall–Kier alpha value is -1.74. The highest BCUT2D eigenvalue weighted by Crippen LogP contribution is 2.38. The van der Waals surface area contributed by atoms with Gasteiger partial charge in [0.15, 0.2) is 5.00 Å². The van der Waals surface area contributed by atoms with Gasteiger partial charge >= 0.3 is 10.7 Å². The van der Waals surface area contributed by atoms with Crippen molar-refractivity contribution in [2.75, 3.05) is 31.5 Å². The minimum absolute atomic E-state index is 0.225. The maximum atomic E-state index is 10.8. The number of hydrogen-bond donors (Lipinski definition) is 1. The molecular weight excluding hydrogens is 272 g/mol. The monoisotopic (exact) mass is 288 g/mol. The number of nitrogens with zero attached hydrogens (tertiary/aromatic N) is 3. The first-order chi connectivity index (χ1) is 8.99. The first-order valence-electron chi connectivity index (χ1n) is 5.88. The van der Waals surface area contributed by atoms with Crippen molar-refractivity contribution in [3.63, 3.8) is 0 Å². The lowest BCUT2D eigenvalue weighted by Crippen LogP contribution is -2.28. The van der Waals surface area contributed by atoms with Gasteiger partial charge in [0.25, 0.3) is 0 Å². The van der Waals surface area contributed by atoms with Gasteiger partial charge in [-0.05, 0) is 24.4 Å². The normalized spacial score (nSPS) is 10.7. The van der Waals surface area contributed by atoms with Crippen LogP contribution in [0.4, 0.5) is 15.7 Å². The summed E-state index contributed by atoms with van der Waals surface area (Å²) in [6.45, 7) is 7.09. The first-order valence-corrected chi connectivity index (χ1v) is 6.70. The molecule has 0 aliphatic heterocycles. The first kappa shape index (κ1) is 15.3. The standard InChI is InChI=1S/C10H16N4O4S/c1-3-12(4-2)6-5-11-10-8(13(15)16)7-9(19-10)14(17)18/h7,11H,3-6H2,1-2H3. The molecule has 0 radical (unpaired) electrons. The molecule has 0 fully saturated rings. The number of hydrogen-bond acceptors (Lipinski definition) is 7. The molecule has 1 aromatic rings. The Bertz CT molecular complexity index is 458. The van der Waals surface area contributed by atoms with Gasteiger partial charge < -0.3 is 10.2 Å². The largest absolute Gasteiger partial charge is 0.370 e. The molecule has 0 saturated heterocycles. The zero-order valence-corrected chi connectivity index (χ0v) is 11.6. The molecule has 9 heteroatoms. The van der Waals surface area contributed by atoms with Gasteiger partial charge in [-0.1, -0.05) is 13.8 Å². The van der Waals surface area contributed by atoms with E-state index in [1.807, 2.05) is 13.8 Å². The fraction of sp³-hybridized carbons (Fsp3) is 0.600. The fourth-order valence-electron chi connectivity index (χ4n) is 1.59. The fourth-order valence-corrected chi connectivity index (χ4v) is 2.45. The maximum Gasteiger partial charge on any atom is 0.333 e. The van der Waals surface area contributed by atoms with Gasteiger partial charge in [-0.2, -0.15) is 0 Å². The molecule has 0 aliphatic rings. The summed E-state index contributed by atoms with van der Waals surface area (Å²) in [6.07, 6.45) is 0. The number of thiophene rings is 1. The Kier molecular flexibility index (Phi) is 5.64. The zero-order valence-electron chi connectivity index (χ0n) is 10.8. The van der Waals surface area contributed by atoms with E-state index in [2.05, 4.69) is 10.2 Å². The quantitative estimate of drug-likeness (QED) is 0.581. The van der Waals surface area contributed by atoms with Crippen molar-refractivity contribution in [1.82, 2.24) is 4.90 Å². The number of nitrogens with one attached hydrogen (secondary N) is 1. The third kappa shape index (κ3) is 4.14. The smallest absolute Gasteiger partial charge is 0.333 e. The van der Waals surface area contributed by atoms with Gasteiger partial charge in [-0.3, -0.25) is 20.2 Å². The molecule has 1 aromatic heterocycles. The number of anilines is 1. The van der Waals surface area contributed by atoms with Crippen LogP contribution in [0.1, 0.15) is 13.8 Å². The van der Waals surface area contributed by atoms with Crippen LogP contribution in [0.2, 0.25) is 0 Å². The molecular formula is C10H16N4O4S. The van der Waals surface area contributed by atoms with Crippen molar-refractivity contribution >= 4 is 27.0 Å². The van der Waals surface area contributed by atoms with E-state index in [0.717, 1.165) is 37.0 Å². The van der Waals surface area contributed by atoms with Crippen LogP contribution in [0, 0.1) is 20.2 Å². The highest BCUT2D eigenvalue weighted by molar-refractivity contribution is 7.19. The van der Waals surface area contributed by atoms with Crippen LogP contribution in [0.5, 0.6) is 0 Å². The van der Waals surface area contributed by atoms with Crippen molar-refractivity contribution < 1.29 is 9.85 Å². The van der Waals surface area contributed by atoms with Crippen molar-refractivity contribution in [2.24, 2.45) is 0 Å². The molecule has 8 nitrogen and oxygen atoms in total. The lowest BCUT2D eigenvalue weighted by atomic mass is 10.4. The summed E-state index contributed by atoms with van der Waals surface area (Å²) >= 11 is 0.792. The lowest BCUT2D eigenvalue weighted by Gasteiger charge is -2.17. The van der Waals surface area contributed by atoms with Crippen molar-refractivity contribution in [1.29, 1.82) is 0 Å². The van der Waals surface area contributed by atoms with Gasteiger partial charge in [0.1, 0.15) is 6.07 Å². The second kappa shape index (κ2) is 7.00. The Morgan fingerprint density at radius 2 is 1.89 bits per heavy atom. The summed E-state index contributed by atoms with van der Waals surface area (Å²) in [6, 6.07) is 0.990. The summed E-state index contributed by atoms with van der Waals surface area (Å²) in [4.78, 5) is 22.4. The molecule has 106 valence electrons. The highest BCUT2D eigenvalue weighted by atomic mass is 32.1. The summed E-state index contributed by atoms with van der Waals surface area (Å²) < 4.78 is 0. The zero-order chi connectivity index (χ0) is 14.4. The van der Waals surface area contributed by atoms with E-state index in [4.69, 9.17) is 0 Å². The Morgan fingerprint density at radius 1 is 1.26 bits per heavy atom. The average Bonchev–Trinajstić information content (AvgIpc) is 2.79. The van der Waals surface area contributed by atoms with Crippen molar-refractivity contribution in [2.45, 2.75) is 13.8 Å². The molecule has 0 atom stereocenters. The van der Waals surface area contributed by atoms with E-state index in [0.29, 0.717) is 6.54 Å². The molecule has 0 spiro atoms.